The number of hydrazone groups is 1. The van der Waals surface area contributed by atoms with Crippen LogP contribution in [0.1, 0.15) is 18.1 Å². The third kappa shape index (κ3) is 6.43. The van der Waals surface area contributed by atoms with Gasteiger partial charge in [-0.05, 0) is 48.5 Å². The number of hydrogen-bond acceptors (Lipinski definition) is 4. The molecule has 0 amide bonds. The minimum absolute atomic E-state index is 0.460. The van der Waals surface area contributed by atoms with Crippen LogP contribution in [-0.4, -0.2) is 31.6 Å². The van der Waals surface area contributed by atoms with Crippen molar-refractivity contribution in [3.05, 3.63) is 59.7 Å². The molecule has 0 spiro atoms. The molecule has 0 saturated heterocycles. The van der Waals surface area contributed by atoms with Gasteiger partial charge in [0.2, 0.25) is 0 Å². The average Bonchev–Trinajstić information content (AvgIpc) is 2.64. The molecule has 6 heteroatoms. The van der Waals surface area contributed by atoms with Crippen LogP contribution in [-0.2, 0) is 6.42 Å². The van der Waals surface area contributed by atoms with Gasteiger partial charge in [0.1, 0.15) is 0 Å². The SMILES string of the molecule is CCOc1cc(/C=N/NC(=S)NC)ccc1OCCc1ccccc1. The van der Waals surface area contributed by atoms with E-state index in [9.17, 15) is 0 Å². The third-order valence-electron chi connectivity index (χ3n) is 3.37. The van der Waals surface area contributed by atoms with E-state index in [2.05, 4.69) is 28.0 Å². The Morgan fingerprint density at radius 2 is 1.92 bits per heavy atom. The van der Waals surface area contributed by atoms with E-state index in [1.54, 1.807) is 13.3 Å². The zero-order valence-corrected chi connectivity index (χ0v) is 15.3. The van der Waals surface area contributed by atoms with E-state index in [0.717, 1.165) is 17.7 Å². The van der Waals surface area contributed by atoms with Crippen molar-refractivity contribution in [2.75, 3.05) is 20.3 Å². The van der Waals surface area contributed by atoms with Crippen LogP contribution in [0.2, 0.25) is 0 Å². The van der Waals surface area contributed by atoms with Gasteiger partial charge < -0.3 is 14.8 Å². The third-order valence-corrected chi connectivity index (χ3v) is 3.66. The number of hydrogen-bond donors (Lipinski definition) is 2. The number of ether oxygens (including phenoxy) is 2. The summed E-state index contributed by atoms with van der Waals surface area (Å²) in [5.74, 6) is 1.43. The van der Waals surface area contributed by atoms with Gasteiger partial charge >= 0.3 is 0 Å². The second kappa shape index (κ2) is 10.3. The number of nitrogens with one attached hydrogen (secondary N) is 2. The summed E-state index contributed by atoms with van der Waals surface area (Å²) < 4.78 is 11.6. The van der Waals surface area contributed by atoms with Gasteiger partial charge in [-0.2, -0.15) is 5.10 Å². The van der Waals surface area contributed by atoms with E-state index < -0.39 is 0 Å². The Balaban J connectivity index is 1.98. The zero-order valence-electron chi connectivity index (χ0n) is 14.5. The van der Waals surface area contributed by atoms with E-state index >= 15 is 0 Å². The van der Waals surface area contributed by atoms with Gasteiger partial charge in [-0.3, -0.25) is 5.43 Å². The van der Waals surface area contributed by atoms with Crippen molar-refractivity contribution in [2.24, 2.45) is 5.10 Å². The van der Waals surface area contributed by atoms with E-state index in [0.29, 0.717) is 24.1 Å². The zero-order chi connectivity index (χ0) is 17.9. The van der Waals surface area contributed by atoms with E-state index in [1.807, 2.05) is 43.3 Å². The molecular weight excluding hydrogens is 334 g/mol. The Labute approximate surface area is 154 Å². The molecular formula is C19H23N3O2S. The van der Waals surface area contributed by atoms with Crippen LogP contribution in [0.15, 0.2) is 53.6 Å². The van der Waals surface area contributed by atoms with Gasteiger partial charge in [0.15, 0.2) is 16.6 Å². The van der Waals surface area contributed by atoms with Gasteiger partial charge in [0, 0.05) is 13.5 Å². The first kappa shape index (κ1) is 18.7. The first-order valence-corrected chi connectivity index (χ1v) is 8.58. The van der Waals surface area contributed by atoms with Crippen molar-refractivity contribution < 1.29 is 9.47 Å². The Kier molecular flexibility index (Phi) is 7.72. The molecule has 0 aliphatic heterocycles. The maximum absolute atomic E-state index is 5.89. The first-order valence-electron chi connectivity index (χ1n) is 8.17. The summed E-state index contributed by atoms with van der Waals surface area (Å²) in [5.41, 5.74) is 4.86. The molecule has 0 heterocycles. The van der Waals surface area contributed by atoms with Crippen molar-refractivity contribution in [3.8, 4) is 11.5 Å². The van der Waals surface area contributed by atoms with Crippen molar-refractivity contribution in [1.82, 2.24) is 10.7 Å². The molecule has 0 aliphatic rings. The van der Waals surface area contributed by atoms with Gasteiger partial charge in [-0.15, -0.1) is 0 Å². The Bertz CT molecular complexity index is 705. The minimum atomic E-state index is 0.460. The highest BCUT2D eigenvalue weighted by Crippen LogP contribution is 2.28. The van der Waals surface area contributed by atoms with Crippen molar-refractivity contribution in [3.63, 3.8) is 0 Å². The quantitative estimate of drug-likeness (QED) is 0.432. The molecule has 0 fully saturated rings. The molecule has 0 radical (unpaired) electrons. The van der Waals surface area contributed by atoms with Crippen LogP contribution in [0.3, 0.4) is 0 Å². The molecule has 2 rings (SSSR count). The lowest BCUT2D eigenvalue weighted by molar-refractivity contribution is 0.279. The summed E-state index contributed by atoms with van der Waals surface area (Å²) in [5, 5.41) is 7.32. The molecule has 25 heavy (non-hydrogen) atoms. The lowest BCUT2D eigenvalue weighted by Gasteiger charge is -2.12. The molecule has 0 bridgehead atoms. The normalized spacial score (nSPS) is 10.5. The van der Waals surface area contributed by atoms with Crippen molar-refractivity contribution >= 4 is 23.5 Å². The standard InChI is InChI=1S/C19H23N3O2S/c1-3-23-18-13-16(14-21-22-19(25)20-2)9-10-17(18)24-12-11-15-7-5-4-6-8-15/h4-10,13-14H,3,11-12H2,1-2H3,(H2,20,22,25)/b21-14+. The topological polar surface area (TPSA) is 54.9 Å². The Morgan fingerprint density at radius 1 is 1.12 bits per heavy atom. The second-order valence-corrected chi connectivity index (χ2v) is 5.58. The van der Waals surface area contributed by atoms with Gasteiger partial charge in [-0.1, -0.05) is 30.3 Å². The highest BCUT2D eigenvalue weighted by molar-refractivity contribution is 7.80. The highest BCUT2D eigenvalue weighted by atomic mass is 32.1. The van der Waals surface area contributed by atoms with Gasteiger partial charge in [-0.25, -0.2) is 0 Å². The van der Waals surface area contributed by atoms with Gasteiger partial charge in [0.05, 0.1) is 19.4 Å². The monoisotopic (exact) mass is 357 g/mol. The summed E-state index contributed by atoms with van der Waals surface area (Å²) in [4.78, 5) is 0. The molecule has 5 nitrogen and oxygen atoms in total. The van der Waals surface area contributed by atoms with Crippen LogP contribution >= 0.6 is 12.2 Å². The molecule has 2 aromatic rings. The molecule has 0 saturated carbocycles. The van der Waals surface area contributed by atoms with Crippen molar-refractivity contribution in [2.45, 2.75) is 13.3 Å². The fraction of sp³-hybridized carbons (Fsp3) is 0.263. The average molecular weight is 357 g/mol. The molecule has 2 aromatic carbocycles. The van der Waals surface area contributed by atoms with Crippen molar-refractivity contribution in [1.29, 1.82) is 0 Å². The Morgan fingerprint density at radius 3 is 2.64 bits per heavy atom. The fourth-order valence-corrected chi connectivity index (χ4v) is 2.19. The van der Waals surface area contributed by atoms with Crippen LogP contribution in [0.5, 0.6) is 11.5 Å². The fourth-order valence-electron chi connectivity index (χ4n) is 2.14. The summed E-state index contributed by atoms with van der Waals surface area (Å²) in [6.07, 6.45) is 2.53. The lowest BCUT2D eigenvalue weighted by Crippen LogP contribution is -2.28. The Hall–Kier alpha value is -2.60. The second-order valence-electron chi connectivity index (χ2n) is 5.17. The highest BCUT2D eigenvalue weighted by Gasteiger charge is 2.06. The predicted octanol–water partition coefficient (Wildman–Crippen LogP) is 3.13. The first-order chi connectivity index (χ1) is 12.2. The molecule has 0 aliphatic carbocycles. The van der Waals surface area contributed by atoms with E-state index in [1.165, 1.54) is 5.56 Å². The summed E-state index contributed by atoms with van der Waals surface area (Å²) >= 11 is 4.97. The maximum Gasteiger partial charge on any atom is 0.186 e. The van der Waals surface area contributed by atoms with E-state index in [4.69, 9.17) is 21.7 Å². The smallest absolute Gasteiger partial charge is 0.186 e. The van der Waals surface area contributed by atoms with Crippen LogP contribution in [0.4, 0.5) is 0 Å². The maximum atomic E-state index is 5.89. The predicted molar refractivity (Wildman–Crippen MR) is 106 cm³/mol. The number of benzene rings is 2. The van der Waals surface area contributed by atoms with E-state index in [-0.39, 0.29) is 0 Å². The summed E-state index contributed by atoms with van der Waals surface area (Å²) in [7, 11) is 1.74. The van der Waals surface area contributed by atoms with Gasteiger partial charge in [0.25, 0.3) is 0 Å². The minimum Gasteiger partial charge on any atom is -0.490 e. The number of rotatable bonds is 8. The van der Waals surface area contributed by atoms with Crippen LogP contribution in [0.25, 0.3) is 0 Å². The number of thiocarbonyl (C=S) groups is 1. The van der Waals surface area contributed by atoms with Crippen LogP contribution < -0.4 is 20.2 Å². The molecule has 2 N–H and O–H groups in total. The molecule has 132 valence electrons. The van der Waals surface area contributed by atoms with Crippen LogP contribution in [0, 0.1) is 0 Å². The molecule has 0 aromatic heterocycles. The molecule has 0 unspecified atom stereocenters. The molecule has 0 atom stereocenters. The summed E-state index contributed by atoms with van der Waals surface area (Å²) in [6.45, 7) is 3.11. The summed E-state index contributed by atoms with van der Waals surface area (Å²) in [6, 6.07) is 16.0. The number of nitrogens with zero attached hydrogens (tertiary/aromatic N) is 1. The lowest BCUT2D eigenvalue weighted by atomic mass is 10.2. The largest absolute Gasteiger partial charge is 0.490 e.